The van der Waals surface area contributed by atoms with Crippen molar-refractivity contribution >= 4 is 5.69 Å². The molecule has 0 aliphatic heterocycles. The van der Waals surface area contributed by atoms with Gasteiger partial charge in [0.05, 0.1) is 0 Å². The van der Waals surface area contributed by atoms with Crippen molar-refractivity contribution in [3.05, 3.63) is 23.8 Å². The smallest absolute Gasteiger partial charge is 0.122 e. The Hall–Kier alpha value is -1.26. The molecule has 0 fully saturated rings. The van der Waals surface area contributed by atoms with Crippen LogP contribution in [0.2, 0.25) is 0 Å². The van der Waals surface area contributed by atoms with Gasteiger partial charge >= 0.3 is 0 Å². The van der Waals surface area contributed by atoms with Gasteiger partial charge in [-0.3, -0.25) is 0 Å². The Morgan fingerprint density at radius 2 is 1.94 bits per heavy atom. The average molecular weight is 223 g/mol. The van der Waals surface area contributed by atoms with Crippen molar-refractivity contribution in [2.45, 2.75) is 19.9 Å². The van der Waals surface area contributed by atoms with Crippen molar-refractivity contribution < 1.29 is 5.11 Å². The average Bonchev–Trinajstić information content (AvgIpc) is 2.30. The molecule has 4 nitrogen and oxygen atoms in total. The highest BCUT2D eigenvalue weighted by atomic mass is 16.3. The van der Waals surface area contributed by atoms with Gasteiger partial charge in [0.1, 0.15) is 5.75 Å². The second-order valence-corrected chi connectivity index (χ2v) is 3.76. The Morgan fingerprint density at radius 3 is 2.38 bits per heavy atom. The molecule has 1 atom stereocenters. The molecule has 1 aromatic rings. The zero-order valence-corrected chi connectivity index (χ0v) is 9.98. The summed E-state index contributed by atoms with van der Waals surface area (Å²) in [5.74, 6) is 0.224. The Morgan fingerprint density at radius 1 is 1.31 bits per heavy atom. The van der Waals surface area contributed by atoms with E-state index in [1.54, 1.807) is 6.07 Å². The van der Waals surface area contributed by atoms with Crippen molar-refractivity contribution in [2.24, 2.45) is 11.5 Å². The quantitative estimate of drug-likeness (QED) is 0.701. The second kappa shape index (κ2) is 5.72. The molecule has 16 heavy (non-hydrogen) atoms. The lowest BCUT2D eigenvalue weighted by Gasteiger charge is -2.22. The van der Waals surface area contributed by atoms with Gasteiger partial charge in [-0.2, -0.15) is 0 Å². The number of hydrogen-bond acceptors (Lipinski definition) is 4. The molecule has 0 unspecified atom stereocenters. The first-order chi connectivity index (χ1) is 7.63. The van der Waals surface area contributed by atoms with Gasteiger partial charge in [-0.1, -0.05) is 6.07 Å². The number of nitrogens with two attached hydrogens (primary N) is 2. The van der Waals surface area contributed by atoms with E-state index in [0.29, 0.717) is 12.1 Å². The number of benzene rings is 1. The fourth-order valence-electron chi connectivity index (χ4n) is 1.76. The van der Waals surface area contributed by atoms with E-state index >= 15 is 0 Å². The van der Waals surface area contributed by atoms with Crippen LogP contribution < -0.4 is 16.4 Å². The highest BCUT2D eigenvalue weighted by Crippen LogP contribution is 2.27. The van der Waals surface area contributed by atoms with Crippen LogP contribution in [-0.4, -0.2) is 24.7 Å². The van der Waals surface area contributed by atoms with Crippen LogP contribution in [0.5, 0.6) is 5.75 Å². The highest BCUT2D eigenvalue weighted by Gasteiger charge is 2.11. The molecule has 5 N–H and O–H groups in total. The lowest BCUT2D eigenvalue weighted by atomic mass is 10.1. The minimum absolute atomic E-state index is 0.224. The third kappa shape index (κ3) is 2.65. The molecule has 0 aromatic heterocycles. The van der Waals surface area contributed by atoms with E-state index < -0.39 is 0 Å². The molecule has 0 aliphatic carbocycles. The molecule has 0 saturated carbocycles. The summed E-state index contributed by atoms with van der Waals surface area (Å²) in [6.07, 6.45) is 0. The summed E-state index contributed by atoms with van der Waals surface area (Å²) < 4.78 is 0. The van der Waals surface area contributed by atoms with Crippen molar-refractivity contribution in [3.8, 4) is 5.75 Å². The largest absolute Gasteiger partial charge is 0.508 e. The van der Waals surface area contributed by atoms with Crippen LogP contribution in [0.25, 0.3) is 0 Å². The zero-order chi connectivity index (χ0) is 12.1. The fourth-order valence-corrected chi connectivity index (χ4v) is 1.76. The van der Waals surface area contributed by atoms with Crippen LogP contribution in [0.1, 0.15) is 25.5 Å². The summed E-state index contributed by atoms with van der Waals surface area (Å²) in [4.78, 5) is 2.16. The Balaban J connectivity index is 2.98. The zero-order valence-electron chi connectivity index (χ0n) is 9.98. The van der Waals surface area contributed by atoms with E-state index in [1.165, 1.54) is 0 Å². The van der Waals surface area contributed by atoms with Crippen LogP contribution in [0.15, 0.2) is 18.2 Å². The van der Waals surface area contributed by atoms with Crippen LogP contribution in [-0.2, 0) is 0 Å². The molecule has 4 heteroatoms. The molecule has 90 valence electrons. The summed E-state index contributed by atoms with van der Waals surface area (Å²) in [7, 11) is 0. The van der Waals surface area contributed by atoms with Gasteiger partial charge in [0.2, 0.25) is 0 Å². The summed E-state index contributed by atoms with van der Waals surface area (Å²) in [5, 5.41) is 9.87. The van der Waals surface area contributed by atoms with Crippen molar-refractivity contribution in [1.82, 2.24) is 0 Å². The summed E-state index contributed by atoms with van der Waals surface area (Å²) in [6.45, 7) is 6.33. The minimum Gasteiger partial charge on any atom is -0.508 e. The van der Waals surface area contributed by atoms with E-state index in [9.17, 15) is 5.11 Å². The number of hydrogen-bond donors (Lipinski definition) is 3. The molecule has 1 rings (SSSR count). The number of phenols is 1. The molecule has 1 aromatic carbocycles. The van der Waals surface area contributed by atoms with Crippen LogP contribution in [0.4, 0.5) is 5.69 Å². The predicted molar refractivity (Wildman–Crippen MR) is 67.7 cm³/mol. The molecule has 0 amide bonds. The van der Waals surface area contributed by atoms with Crippen LogP contribution in [0.3, 0.4) is 0 Å². The number of nitrogens with zero attached hydrogens (tertiary/aromatic N) is 1. The van der Waals surface area contributed by atoms with Gasteiger partial charge in [0, 0.05) is 43.0 Å². The van der Waals surface area contributed by atoms with E-state index in [0.717, 1.165) is 18.8 Å². The van der Waals surface area contributed by atoms with Crippen LogP contribution in [0, 0.1) is 0 Å². The molecular weight excluding hydrogens is 202 g/mol. The second-order valence-electron chi connectivity index (χ2n) is 3.76. The molecular formula is C12H21N3O. The maximum Gasteiger partial charge on any atom is 0.122 e. The van der Waals surface area contributed by atoms with Gasteiger partial charge in [-0.25, -0.2) is 0 Å². The van der Waals surface area contributed by atoms with E-state index in [2.05, 4.69) is 18.7 Å². The SMILES string of the molecule is CCN(CC)c1ccc([C@@H](N)CN)c(O)c1. The Bertz CT molecular complexity index is 337. The van der Waals surface area contributed by atoms with Gasteiger partial charge in [0.15, 0.2) is 0 Å². The predicted octanol–water partition coefficient (Wildman–Crippen LogP) is 1.20. The monoisotopic (exact) mass is 223 g/mol. The lowest BCUT2D eigenvalue weighted by Crippen LogP contribution is -2.23. The third-order valence-corrected chi connectivity index (χ3v) is 2.80. The van der Waals surface area contributed by atoms with Gasteiger partial charge in [-0.05, 0) is 19.9 Å². The molecule has 0 spiro atoms. The summed E-state index contributed by atoms with van der Waals surface area (Å²) >= 11 is 0. The maximum atomic E-state index is 9.87. The molecule has 0 bridgehead atoms. The highest BCUT2D eigenvalue weighted by molar-refractivity contribution is 5.54. The third-order valence-electron chi connectivity index (χ3n) is 2.80. The standard InChI is InChI=1S/C12H21N3O/c1-3-15(4-2)9-5-6-10(11(14)8-13)12(16)7-9/h5-7,11,16H,3-4,8,13-14H2,1-2H3/t11-/m0/s1. The van der Waals surface area contributed by atoms with Gasteiger partial charge < -0.3 is 21.5 Å². The van der Waals surface area contributed by atoms with Crippen molar-refractivity contribution in [2.75, 3.05) is 24.5 Å². The first-order valence-corrected chi connectivity index (χ1v) is 5.67. The van der Waals surface area contributed by atoms with Crippen molar-refractivity contribution in [1.29, 1.82) is 0 Å². The van der Waals surface area contributed by atoms with Gasteiger partial charge in [-0.15, -0.1) is 0 Å². The first kappa shape index (κ1) is 12.8. The molecule has 0 aliphatic rings. The fraction of sp³-hybridized carbons (Fsp3) is 0.500. The first-order valence-electron chi connectivity index (χ1n) is 5.67. The molecule has 0 radical (unpaired) electrons. The summed E-state index contributed by atoms with van der Waals surface area (Å²) in [5.41, 5.74) is 13.0. The van der Waals surface area contributed by atoms with E-state index in [-0.39, 0.29) is 11.8 Å². The number of anilines is 1. The molecule has 0 saturated heterocycles. The normalized spacial score (nSPS) is 12.5. The van der Waals surface area contributed by atoms with E-state index in [1.807, 2.05) is 12.1 Å². The maximum absolute atomic E-state index is 9.87. The number of aromatic hydroxyl groups is 1. The molecule has 0 heterocycles. The Labute approximate surface area is 96.9 Å². The topological polar surface area (TPSA) is 75.5 Å². The number of phenolic OH excluding ortho intramolecular Hbond substituents is 1. The Kier molecular flexibility index (Phi) is 4.58. The van der Waals surface area contributed by atoms with Gasteiger partial charge in [0.25, 0.3) is 0 Å². The number of rotatable bonds is 5. The van der Waals surface area contributed by atoms with E-state index in [4.69, 9.17) is 11.5 Å². The minimum atomic E-state index is -0.300. The summed E-state index contributed by atoms with van der Waals surface area (Å²) in [6, 6.07) is 5.27. The lowest BCUT2D eigenvalue weighted by molar-refractivity contribution is 0.462. The van der Waals surface area contributed by atoms with Crippen LogP contribution >= 0.6 is 0 Å². The van der Waals surface area contributed by atoms with Crippen molar-refractivity contribution in [3.63, 3.8) is 0 Å².